The Morgan fingerprint density at radius 3 is 2.88 bits per heavy atom. The minimum absolute atomic E-state index is 0.0538. The minimum Gasteiger partial charge on any atom is -0.536 e. The number of carboxylic acid groups (broad SMARTS) is 1. The van der Waals surface area contributed by atoms with Crippen LogP contribution < -0.4 is 15.3 Å². The summed E-state index contributed by atoms with van der Waals surface area (Å²) in [5, 5.41) is 18.9. The molecule has 2 aliphatic rings. The molecule has 25 heavy (non-hydrogen) atoms. The van der Waals surface area contributed by atoms with Gasteiger partial charge in [-0.25, -0.2) is 4.79 Å². The average Bonchev–Trinajstić information content (AvgIpc) is 2.61. The zero-order chi connectivity index (χ0) is 17.8. The van der Waals surface area contributed by atoms with Crippen molar-refractivity contribution in [1.82, 2.24) is 10.6 Å². The molecule has 3 N–H and O–H groups in total. The van der Waals surface area contributed by atoms with Crippen molar-refractivity contribution >= 4 is 13.0 Å². The molecule has 3 rings (SSSR count). The van der Waals surface area contributed by atoms with Crippen molar-refractivity contribution < 1.29 is 14.6 Å². The van der Waals surface area contributed by atoms with Gasteiger partial charge >= 0.3 is 13.0 Å². The van der Waals surface area contributed by atoms with E-state index < -0.39 is 13.0 Å². The standard InChI is InChI=1S/C17H22BN3O4/c1-11(9-12-5-7-19-8-6-12)20-15-10-13-3-2-4-14(17(22)23)16(13)25-18(15)21-24/h2-4,12,15,19-20H,1,5-10H2,(H,22,23). The number of carbonyl (C=O) groups is 1. The Morgan fingerprint density at radius 1 is 1.44 bits per heavy atom. The molecule has 1 aromatic rings. The van der Waals surface area contributed by atoms with Crippen LogP contribution in [0, 0.1) is 10.8 Å². The van der Waals surface area contributed by atoms with E-state index in [1.165, 1.54) is 6.07 Å². The molecule has 132 valence electrons. The molecular weight excluding hydrogens is 321 g/mol. The van der Waals surface area contributed by atoms with Gasteiger partial charge in [0.2, 0.25) is 0 Å². The number of fused-ring (bicyclic) bond motifs is 1. The van der Waals surface area contributed by atoms with Gasteiger partial charge in [0.15, 0.2) is 0 Å². The van der Waals surface area contributed by atoms with Crippen molar-refractivity contribution in [1.29, 1.82) is 0 Å². The molecule has 1 unspecified atom stereocenters. The van der Waals surface area contributed by atoms with E-state index >= 15 is 0 Å². The first-order chi connectivity index (χ1) is 12.1. The molecule has 2 aliphatic heterocycles. The summed E-state index contributed by atoms with van der Waals surface area (Å²) >= 11 is 0. The predicted molar refractivity (Wildman–Crippen MR) is 95.6 cm³/mol. The number of carboxylic acids is 1. The highest BCUT2D eigenvalue weighted by atomic mass is 16.5. The summed E-state index contributed by atoms with van der Waals surface area (Å²) in [6, 6.07) is 4.96. The van der Waals surface area contributed by atoms with Crippen LogP contribution in [0.1, 0.15) is 35.2 Å². The lowest BCUT2D eigenvalue weighted by Crippen LogP contribution is -2.49. The Kier molecular flexibility index (Phi) is 5.38. The molecule has 8 heteroatoms. The Hall–Kier alpha value is -2.35. The number of rotatable bonds is 6. The summed E-state index contributed by atoms with van der Waals surface area (Å²) < 4.78 is 5.60. The predicted octanol–water partition coefficient (Wildman–Crippen LogP) is 1.98. The third kappa shape index (κ3) is 4.01. The minimum atomic E-state index is -1.08. The van der Waals surface area contributed by atoms with Crippen molar-refractivity contribution in [3.8, 4) is 5.75 Å². The average molecular weight is 343 g/mol. The fourth-order valence-electron chi connectivity index (χ4n) is 3.57. The van der Waals surface area contributed by atoms with Crippen LogP contribution in [0.3, 0.4) is 0 Å². The molecule has 2 heterocycles. The van der Waals surface area contributed by atoms with Gasteiger partial charge in [-0.05, 0) is 56.3 Å². The Balaban J connectivity index is 1.69. The largest absolute Gasteiger partial charge is 0.570 e. The van der Waals surface area contributed by atoms with E-state index in [0.717, 1.165) is 43.6 Å². The highest BCUT2D eigenvalue weighted by Crippen LogP contribution is 2.31. The maximum Gasteiger partial charge on any atom is 0.570 e. The number of piperidine rings is 1. The lowest BCUT2D eigenvalue weighted by molar-refractivity contribution is 0.0694. The third-order valence-corrected chi connectivity index (χ3v) is 4.84. The second-order valence-corrected chi connectivity index (χ2v) is 6.67. The summed E-state index contributed by atoms with van der Waals surface area (Å²) in [5.41, 5.74) is 1.68. The van der Waals surface area contributed by atoms with Crippen LogP contribution in [0.2, 0.25) is 0 Å². The Morgan fingerprint density at radius 2 is 2.20 bits per heavy atom. The van der Waals surface area contributed by atoms with Gasteiger partial charge in [-0.2, -0.15) is 4.91 Å². The molecule has 1 aromatic carbocycles. The quantitative estimate of drug-likeness (QED) is 0.539. The van der Waals surface area contributed by atoms with Crippen LogP contribution in [0.5, 0.6) is 5.75 Å². The molecule has 1 fully saturated rings. The van der Waals surface area contributed by atoms with Gasteiger partial charge in [0.25, 0.3) is 0 Å². The number of nitroso groups, excluding NO2 is 1. The number of allylic oxidation sites excluding steroid dienone is 1. The maximum absolute atomic E-state index is 11.3. The van der Waals surface area contributed by atoms with Gasteiger partial charge in [-0.15, -0.1) is 0 Å². The normalized spacial score (nSPS) is 20.3. The van der Waals surface area contributed by atoms with E-state index in [-0.39, 0.29) is 17.3 Å². The van der Waals surface area contributed by atoms with E-state index in [0.29, 0.717) is 12.3 Å². The van der Waals surface area contributed by atoms with Crippen LogP contribution in [-0.4, -0.2) is 37.2 Å². The van der Waals surface area contributed by atoms with Gasteiger partial charge in [0, 0.05) is 5.70 Å². The number of benzene rings is 1. The highest BCUT2D eigenvalue weighted by Gasteiger charge is 2.39. The summed E-state index contributed by atoms with van der Waals surface area (Å²) in [6.07, 6.45) is 3.55. The zero-order valence-electron chi connectivity index (χ0n) is 14.0. The monoisotopic (exact) mass is 343 g/mol. The lowest BCUT2D eigenvalue weighted by atomic mass is 9.68. The molecule has 0 amide bonds. The lowest BCUT2D eigenvalue weighted by Gasteiger charge is -2.31. The Bertz CT molecular complexity index is 676. The number of hydrogen-bond donors (Lipinski definition) is 3. The second kappa shape index (κ2) is 7.69. The maximum atomic E-state index is 11.3. The third-order valence-electron chi connectivity index (χ3n) is 4.84. The van der Waals surface area contributed by atoms with Crippen LogP contribution >= 0.6 is 0 Å². The number of hydrogen-bond acceptors (Lipinski definition) is 6. The second-order valence-electron chi connectivity index (χ2n) is 6.67. The smallest absolute Gasteiger partial charge is 0.536 e. The number of nitrogens with zero attached hydrogens (tertiary/aromatic N) is 1. The fraction of sp³-hybridized carbons (Fsp3) is 0.471. The van der Waals surface area contributed by atoms with Crippen molar-refractivity contribution in [3.05, 3.63) is 46.5 Å². The Labute approximate surface area is 146 Å². The van der Waals surface area contributed by atoms with Gasteiger partial charge in [-0.1, -0.05) is 23.8 Å². The fourth-order valence-corrected chi connectivity index (χ4v) is 3.57. The molecule has 1 atom stereocenters. The highest BCUT2D eigenvalue weighted by molar-refractivity contribution is 6.53. The van der Waals surface area contributed by atoms with Gasteiger partial charge < -0.3 is 20.4 Å². The van der Waals surface area contributed by atoms with Gasteiger partial charge in [0.1, 0.15) is 5.75 Å². The zero-order valence-corrected chi connectivity index (χ0v) is 14.0. The van der Waals surface area contributed by atoms with E-state index in [1.807, 2.05) is 6.07 Å². The topological polar surface area (TPSA) is 100 Å². The van der Waals surface area contributed by atoms with Crippen LogP contribution in [0.4, 0.5) is 0 Å². The number of para-hydroxylation sites is 1. The summed E-state index contributed by atoms with van der Waals surface area (Å²) in [6.45, 7) is 6.13. The molecule has 0 saturated carbocycles. The van der Waals surface area contributed by atoms with Crippen molar-refractivity contribution in [2.45, 2.75) is 31.6 Å². The first kappa shape index (κ1) is 17.5. The molecule has 0 aromatic heterocycles. The number of aromatic carboxylic acids is 1. The van der Waals surface area contributed by atoms with Gasteiger partial charge in [0.05, 0.1) is 11.5 Å². The van der Waals surface area contributed by atoms with E-state index in [4.69, 9.17) is 4.65 Å². The van der Waals surface area contributed by atoms with Crippen molar-refractivity contribution in [2.24, 2.45) is 11.0 Å². The summed E-state index contributed by atoms with van der Waals surface area (Å²) in [5.74, 6) is -0.604. The molecule has 0 spiro atoms. The SMILES string of the molecule is C=C(CC1CCNCC1)NC1Cc2cccc(C(=O)O)c2OB1N=O. The van der Waals surface area contributed by atoms with Crippen LogP contribution in [-0.2, 0) is 6.42 Å². The van der Waals surface area contributed by atoms with E-state index in [2.05, 4.69) is 22.3 Å². The molecule has 7 nitrogen and oxygen atoms in total. The van der Waals surface area contributed by atoms with Crippen LogP contribution in [0.15, 0.2) is 35.6 Å². The first-order valence-corrected chi connectivity index (χ1v) is 8.58. The van der Waals surface area contributed by atoms with Gasteiger partial charge in [-0.3, -0.25) is 0 Å². The summed E-state index contributed by atoms with van der Waals surface area (Å²) in [7, 11) is -0.974. The molecule has 0 bridgehead atoms. The first-order valence-electron chi connectivity index (χ1n) is 8.58. The summed E-state index contributed by atoms with van der Waals surface area (Å²) in [4.78, 5) is 22.6. The molecule has 1 saturated heterocycles. The number of nitrogens with one attached hydrogen (secondary N) is 2. The van der Waals surface area contributed by atoms with Crippen molar-refractivity contribution in [3.63, 3.8) is 0 Å². The van der Waals surface area contributed by atoms with Crippen molar-refractivity contribution in [2.75, 3.05) is 13.1 Å². The van der Waals surface area contributed by atoms with Crippen LogP contribution in [0.25, 0.3) is 0 Å². The van der Waals surface area contributed by atoms with E-state index in [1.54, 1.807) is 6.07 Å². The molecular formula is C17H22BN3O4. The molecule has 0 radical (unpaired) electrons. The van der Waals surface area contributed by atoms with E-state index in [9.17, 15) is 14.8 Å². The molecule has 0 aliphatic carbocycles.